The van der Waals surface area contributed by atoms with Crippen LogP contribution < -0.4 is 5.32 Å². The van der Waals surface area contributed by atoms with Crippen LogP contribution in [0.4, 0.5) is 4.79 Å². The fourth-order valence-corrected chi connectivity index (χ4v) is 4.21. The number of urea groups is 1. The van der Waals surface area contributed by atoms with Gasteiger partial charge in [0.2, 0.25) is 0 Å². The normalized spacial score (nSPS) is 27.3. The highest BCUT2D eigenvalue weighted by Gasteiger charge is 2.42. The van der Waals surface area contributed by atoms with Crippen molar-refractivity contribution in [2.24, 2.45) is 0 Å². The van der Waals surface area contributed by atoms with Gasteiger partial charge in [-0.1, -0.05) is 6.42 Å². The number of piperidine rings is 2. The molecule has 4 heterocycles. The minimum atomic E-state index is -0.0767. The zero-order chi connectivity index (χ0) is 17.4. The number of rotatable bonds is 3. The Hall–Kier alpha value is -2.02. The second-order valence-corrected chi connectivity index (χ2v) is 7.38. The number of likely N-dealkylation sites (tertiary alicyclic amines) is 2. The molecular formula is C18H26N4O3. The maximum absolute atomic E-state index is 12.7. The van der Waals surface area contributed by atoms with Gasteiger partial charge in [-0.3, -0.25) is 9.69 Å². The van der Waals surface area contributed by atoms with Gasteiger partial charge in [0, 0.05) is 20.1 Å². The van der Waals surface area contributed by atoms with Crippen molar-refractivity contribution >= 4 is 11.9 Å². The summed E-state index contributed by atoms with van der Waals surface area (Å²) in [5, 5.41) is 2.96. The lowest BCUT2D eigenvalue weighted by Crippen LogP contribution is -2.52. The highest BCUT2D eigenvalue weighted by Crippen LogP contribution is 2.23. The van der Waals surface area contributed by atoms with E-state index in [1.165, 1.54) is 19.3 Å². The van der Waals surface area contributed by atoms with Crippen LogP contribution in [-0.4, -0.2) is 71.9 Å². The predicted octanol–water partition coefficient (Wildman–Crippen LogP) is 1.50. The van der Waals surface area contributed by atoms with Gasteiger partial charge in [0.25, 0.3) is 5.91 Å². The number of amides is 3. The van der Waals surface area contributed by atoms with Crippen LogP contribution in [0.5, 0.6) is 0 Å². The number of nitrogens with one attached hydrogen (secondary N) is 1. The second kappa shape index (κ2) is 6.71. The van der Waals surface area contributed by atoms with Crippen molar-refractivity contribution in [1.29, 1.82) is 0 Å². The summed E-state index contributed by atoms with van der Waals surface area (Å²) >= 11 is 0. The van der Waals surface area contributed by atoms with E-state index in [2.05, 4.69) is 10.2 Å². The Labute approximate surface area is 147 Å². The van der Waals surface area contributed by atoms with Crippen LogP contribution in [0.1, 0.15) is 42.0 Å². The largest absolute Gasteiger partial charge is 0.455 e. The summed E-state index contributed by atoms with van der Waals surface area (Å²) in [4.78, 5) is 30.4. The Morgan fingerprint density at radius 3 is 2.84 bits per heavy atom. The topological polar surface area (TPSA) is 69.0 Å². The van der Waals surface area contributed by atoms with E-state index in [-0.39, 0.29) is 24.0 Å². The lowest BCUT2D eigenvalue weighted by molar-refractivity contribution is 0.0630. The summed E-state index contributed by atoms with van der Waals surface area (Å²) in [5.74, 6) is 1.18. The first kappa shape index (κ1) is 16.4. The quantitative estimate of drug-likeness (QED) is 0.901. The first-order valence-electron chi connectivity index (χ1n) is 9.25. The first-order valence-corrected chi connectivity index (χ1v) is 9.25. The molecule has 136 valence electrons. The van der Waals surface area contributed by atoms with Crippen LogP contribution in [0.2, 0.25) is 0 Å². The summed E-state index contributed by atoms with van der Waals surface area (Å²) in [6, 6.07) is 3.85. The fraction of sp³-hybridized carbons (Fsp3) is 0.667. The molecule has 4 rings (SSSR count). The molecule has 25 heavy (non-hydrogen) atoms. The standard InChI is InChI=1S/C18H26N4O3/c1-20-15-7-10-22(12-14(15)19-18(20)24)17(23)16-6-5-13(25-16)11-21-8-3-2-4-9-21/h5-6,14-15H,2-4,7-12H2,1H3,(H,19,24)/t14-,15+/m1/s1. The number of nitrogens with zero attached hydrogens (tertiary/aromatic N) is 3. The smallest absolute Gasteiger partial charge is 0.317 e. The zero-order valence-electron chi connectivity index (χ0n) is 14.7. The molecule has 0 saturated carbocycles. The molecule has 7 nitrogen and oxygen atoms in total. The van der Waals surface area contributed by atoms with Gasteiger partial charge in [-0.25, -0.2) is 4.79 Å². The molecule has 0 unspecified atom stereocenters. The van der Waals surface area contributed by atoms with Gasteiger partial charge in [-0.2, -0.15) is 0 Å². The van der Waals surface area contributed by atoms with E-state index in [0.717, 1.165) is 31.8 Å². The maximum Gasteiger partial charge on any atom is 0.317 e. The number of carbonyl (C=O) groups excluding carboxylic acids is 2. The maximum atomic E-state index is 12.7. The Balaban J connectivity index is 1.37. The first-order chi connectivity index (χ1) is 12.1. The van der Waals surface area contributed by atoms with Crippen LogP contribution in [0.25, 0.3) is 0 Å². The molecule has 3 fully saturated rings. The van der Waals surface area contributed by atoms with Crippen LogP contribution in [0.15, 0.2) is 16.5 Å². The summed E-state index contributed by atoms with van der Waals surface area (Å²) in [6.07, 6.45) is 4.58. The molecular weight excluding hydrogens is 320 g/mol. The lowest BCUT2D eigenvalue weighted by atomic mass is 10.00. The van der Waals surface area contributed by atoms with E-state index >= 15 is 0 Å². The molecule has 0 aromatic carbocycles. The molecule has 0 spiro atoms. The monoisotopic (exact) mass is 346 g/mol. The Morgan fingerprint density at radius 1 is 1.24 bits per heavy atom. The molecule has 0 aliphatic carbocycles. The van der Waals surface area contributed by atoms with Crippen molar-refractivity contribution in [3.63, 3.8) is 0 Å². The SMILES string of the molecule is CN1C(=O)N[C@@H]2CN(C(=O)c3ccc(CN4CCCCC4)o3)CC[C@@H]21. The van der Waals surface area contributed by atoms with E-state index in [1.807, 2.05) is 13.1 Å². The summed E-state index contributed by atoms with van der Waals surface area (Å²) in [7, 11) is 1.82. The average molecular weight is 346 g/mol. The van der Waals surface area contributed by atoms with E-state index in [1.54, 1.807) is 15.9 Å². The Bertz CT molecular complexity index is 653. The third kappa shape index (κ3) is 3.25. The van der Waals surface area contributed by atoms with Crippen LogP contribution in [0, 0.1) is 0 Å². The highest BCUT2D eigenvalue weighted by atomic mass is 16.4. The molecule has 0 bridgehead atoms. The number of carbonyl (C=O) groups is 2. The average Bonchev–Trinajstić information content (AvgIpc) is 3.20. The fourth-order valence-electron chi connectivity index (χ4n) is 4.21. The van der Waals surface area contributed by atoms with Crippen LogP contribution >= 0.6 is 0 Å². The Morgan fingerprint density at radius 2 is 2.04 bits per heavy atom. The van der Waals surface area contributed by atoms with Gasteiger partial charge in [0.1, 0.15) is 5.76 Å². The third-order valence-electron chi connectivity index (χ3n) is 5.69. The molecule has 3 amide bonds. The van der Waals surface area contributed by atoms with Gasteiger partial charge in [-0.15, -0.1) is 0 Å². The molecule has 0 radical (unpaired) electrons. The lowest BCUT2D eigenvalue weighted by Gasteiger charge is -2.35. The molecule has 3 aliphatic rings. The summed E-state index contributed by atoms with van der Waals surface area (Å²) < 4.78 is 5.82. The van der Waals surface area contributed by atoms with Gasteiger partial charge in [0.15, 0.2) is 5.76 Å². The minimum absolute atomic E-state index is 0.0120. The number of furan rings is 1. The van der Waals surface area contributed by atoms with Crippen LogP contribution in [-0.2, 0) is 6.54 Å². The number of hydrogen-bond donors (Lipinski definition) is 1. The zero-order valence-corrected chi connectivity index (χ0v) is 14.7. The summed E-state index contributed by atoms with van der Waals surface area (Å²) in [5.41, 5.74) is 0. The number of fused-ring (bicyclic) bond motifs is 1. The predicted molar refractivity (Wildman–Crippen MR) is 92.2 cm³/mol. The van der Waals surface area contributed by atoms with E-state index in [0.29, 0.717) is 18.8 Å². The molecule has 1 aromatic rings. The number of hydrogen-bond acceptors (Lipinski definition) is 4. The molecule has 3 saturated heterocycles. The van der Waals surface area contributed by atoms with E-state index in [9.17, 15) is 9.59 Å². The van der Waals surface area contributed by atoms with Gasteiger partial charge in [-0.05, 0) is 44.5 Å². The second-order valence-electron chi connectivity index (χ2n) is 7.38. The number of likely N-dealkylation sites (N-methyl/N-ethyl adjacent to an activating group) is 1. The van der Waals surface area contributed by atoms with Crippen molar-refractivity contribution in [3.05, 3.63) is 23.7 Å². The van der Waals surface area contributed by atoms with Gasteiger partial charge >= 0.3 is 6.03 Å². The van der Waals surface area contributed by atoms with Gasteiger partial charge in [0.05, 0.1) is 18.6 Å². The van der Waals surface area contributed by atoms with Crippen molar-refractivity contribution in [1.82, 2.24) is 20.0 Å². The molecule has 2 atom stereocenters. The van der Waals surface area contributed by atoms with Crippen molar-refractivity contribution in [2.45, 2.75) is 44.3 Å². The molecule has 1 aromatic heterocycles. The highest BCUT2D eigenvalue weighted by molar-refractivity contribution is 5.91. The molecule has 1 N–H and O–H groups in total. The Kier molecular flexibility index (Phi) is 4.41. The summed E-state index contributed by atoms with van der Waals surface area (Å²) in [6.45, 7) is 4.18. The van der Waals surface area contributed by atoms with Gasteiger partial charge < -0.3 is 19.5 Å². The van der Waals surface area contributed by atoms with E-state index < -0.39 is 0 Å². The minimum Gasteiger partial charge on any atom is -0.455 e. The van der Waals surface area contributed by atoms with Crippen molar-refractivity contribution in [2.75, 3.05) is 33.2 Å². The molecule has 3 aliphatic heterocycles. The van der Waals surface area contributed by atoms with Crippen molar-refractivity contribution in [3.8, 4) is 0 Å². The van der Waals surface area contributed by atoms with Crippen molar-refractivity contribution < 1.29 is 14.0 Å². The molecule has 7 heteroatoms. The third-order valence-corrected chi connectivity index (χ3v) is 5.69. The van der Waals surface area contributed by atoms with E-state index in [4.69, 9.17) is 4.42 Å². The van der Waals surface area contributed by atoms with Crippen LogP contribution in [0.3, 0.4) is 0 Å².